The lowest BCUT2D eigenvalue weighted by molar-refractivity contribution is 1.15. The minimum Gasteiger partial charge on any atom is -0.256 e. The Kier molecular flexibility index (Phi) is 3.89. The standard InChI is InChI=1S/C14H15NS/c1-2-15-16(13-9-5-3-6-10-13)14-11-7-4-8-12-14/h3-12H,2H2,1H3. The molecule has 0 aliphatic heterocycles. The summed E-state index contributed by atoms with van der Waals surface area (Å²) in [6.07, 6.45) is 0. The van der Waals surface area contributed by atoms with Crippen LogP contribution in [0.4, 0.5) is 0 Å². The van der Waals surface area contributed by atoms with Crippen LogP contribution in [-0.2, 0) is 10.7 Å². The molecule has 1 nitrogen and oxygen atoms in total. The van der Waals surface area contributed by atoms with Gasteiger partial charge in [-0.15, -0.1) is 0 Å². The first-order valence-electron chi connectivity index (χ1n) is 5.44. The van der Waals surface area contributed by atoms with Gasteiger partial charge < -0.3 is 0 Å². The van der Waals surface area contributed by atoms with E-state index in [0.29, 0.717) is 0 Å². The van der Waals surface area contributed by atoms with Crippen LogP contribution in [0, 0.1) is 0 Å². The molecule has 2 aromatic rings. The molecule has 0 radical (unpaired) electrons. The van der Waals surface area contributed by atoms with Crippen LogP contribution in [0.1, 0.15) is 6.92 Å². The van der Waals surface area contributed by atoms with E-state index in [1.54, 1.807) is 0 Å². The highest BCUT2D eigenvalue weighted by molar-refractivity contribution is 7.87. The summed E-state index contributed by atoms with van der Waals surface area (Å²) >= 11 is 0. The van der Waals surface area contributed by atoms with Gasteiger partial charge in [-0.3, -0.25) is 4.36 Å². The Labute approximate surface area is 99.2 Å². The minimum atomic E-state index is -0.126. The van der Waals surface area contributed by atoms with Crippen molar-refractivity contribution in [1.82, 2.24) is 0 Å². The van der Waals surface area contributed by atoms with Crippen molar-refractivity contribution in [2.75, 3.05) is 6.54 Å². The molecule has 0 aromatic heterocycles. The summed E-state index contributed by atoms with van der Waals surface area (Å²) in [5.74, 6) is 0. The third-order valence-corrected chi connectivity index (χ3v) is 4.14. The van der Waals surface area contributed by atoms with E-state index in [1.807, 2.05) is 12.1 Å². The van der Waals surface area contributed by atoms with Gasteiger partial charge in [0.1, 0.15) is 0 Å². The highest BCUT2D eigenvalue weighted by Gasteiger charge is 2.02. The van der Waals surface area contributed by atoms with Crippen molar-refractivity contribution in [2.45, 2.75) is 16.7 Å². The maximum absolute atomic E-state index is 4.69. The van der Waals surface area contributed by atoms with E-state index in [-0.39, 0.29) is 10.7 Å². The van der Waals surface area contributed by atoms with Gasteiger partial charge in [-0.2, -0.15) is 0 Å². The van der Waals surface area contributed by atoms with Gasteiger partial charge in [0.25, 0.3) is 0 Å². The molecule has 0 fully saturated rings. The molecule has 0 aliphatic carbocycles. The molecule has 0 amide bonds. The summed E-state index contributed by atoms with van der Waals surface area (Å²) < 4.78 is 4.69. The zero-order valence-corrected chi connectivity index (χ0v) is 10.2. The van der Waals surface area contributed by atoms with Gasteiger partial charge in [0.2, 0.25) is 0 Å². The molecular formula is C14H15NS. The van der Waals surface area contributed by atoms with Crippen LogP contribution in [0.2, 0.25) is 0 Å². The summed E-state index contributed by atoms with van der Waals surface area (Å²) in [4.78, 5) is 2.58. The van der Waals surface area contributed by atoms with Crippen LogP contribution >= 0.6 is 0 Å². The topological polar surface area (TPSA) is 12.4 Å². The monoisotopic (exact) mass is 229 g/mol. The van der Waals surface area contributed by atoms with Crippen molar-refractivity contribution in [3.05, 3.63) is 60.7 Å². The Bertz CT molecular complexity index is 421. The molecule has 2 heteroatoms. The third kappa shape index (κ3) is 2.58. The quantitative estimate of drug-likeness (QED) is 0.756. The van der Waals surface area contributed by atoms with Gasteiger partial charge in [0, 0.05) is 16.3 Å². The van der Waals surface area contributed by atoms with Gasteiger partial charge in [-0.25, -0.2) is 0 Å². The van der Waals surface area contributed by atoms with Gasteiger partial charge in [-0.05, 0) is 41.9 Å². The molecule has 0 bridgehead atoms. The van der Waals surface area contributed by atoms with E-state index in [0.717, 1.165) is 6.54 Å². The molecule has 0 aliphatic rings. The van der Waals surface area contributed by atoms with Gasteiger partial charge in [0.15, 0.2) is 0 Å². The highest BCUT2D eigenvalue weighted by Crippen LogP contribution is 2.18. The van der Waals surface area contributed by atoms with Crippen LogP contribution in [0.15, 0.2) is 74.8 Å². The number of benzene rings is 2. The van der Waals surface area contributed by atoms with Crippen LogP contribution in [0.25, 0.3) is 0 Å². The van der Waals surface area contributed by atoms with E-state index >= 15 is 0 Å². The molecule has 16 heavy (non-hydrogen) atoms. The van der Waals surface area contributed by atoms with E-state index in [2.05, 4.69) is 55.5 Å². The number of hydrogen-bond acceptors (Lipinski definition) is 1. The van der Waals surface area contributed by atoms with Crippen molar-refractivity contribution < 1.29 is 0 Å². The van der Waals surface area contributed by atoms with Crippen molar-refractivity contribution in [2.24, 2.45) is 4.36 Å². The Hall–Kier alpha value is -1.41. The smallest absolute Gasteiger partial charge is 0.0437 e. The molecule has 0 saturated heterocycles. The Morgan fingerprint density at radius 1 is 0.812 bits per heavy atom. The lowest BCUT2D eigenvalue weighted by Gasteiger charge is -2.07. The molecule has 2 rings (SSSR count). The Morgan fingerprint density at radius 3 is 1.62 bits per heavy atom. The van der Waals surface area contributed by atoms with Crippen molar-refractivity contribution in [3.63, 3.8) is 0 Å². The zero-order valence-electron chi connectivity index (χ0n) is 9.34. The maximum Gasteiger partial charge on any atom is 0.0437 e. The summed E-state index contributed by atoms with van der Waals surface area (Å²) in [6.45, 7) is 2.94. The van der Waals surface area contributed by atoms with E-state index in [1.165, 1.54) is 9.79 Å². The fourth-order valence-corrected chi connectivity index (χ4v) is 3.17. The predicted octanol–water partition coefficient (Wildman–Crippen LogP) is 3.93. The molecule has 82 valence electrons. The number of nitrogens with zero attached hydrogens (tertiary/aromatic N) is 1. The van der Waals surface area contributed by atoms with E-state index < -0.39 is 0 Å². The van der Waals surface area contributed by atoms with E-state index in [9.17, 15) is 0 Å². The van der Waals surface area contributed by atoms with Crippen LogP contribution in [0.3, 0.4) is 0 Å². The van der Waals surface area contributed by atoms with Gasteiger partial charge in [0.05, 0.1) is 0 Å². The largest absolute Gasteiger partial charge is 0.256 e. The first-order valence-corrected chi connectivity index (χ1v) is 6.62. The van der Waals surface area contributed by atoms with Gasteiger partial charge >= 0.3 is 0 Å². The lowest BCUT2D eigenvalue weighted by Crippen LogP contribution is -1.93. The maximum atomic E-state index is 4.69. The average Bonchev–Trinajstić information content (AvgIpc) is 2.38. The molecule has 0 saturated carbocycles. The SMILES string of the molecule is CCN=S(c1ccccc1)c1ccccc1. The van der Waals surface area contributed by atoms with Crippen molar-refractivity contribution >= 4 is 10.7 Å². The Balaban J connectivity index is 2.44. The Morgan fingerprint density at radius 2 is 1.25 bits per heavy atom. The zero-order chi connectivity index (χ0) is 11.2. The van der Waals surface area contributed by atoms with Crippen molar-refractivity contribution in [3.8, 4) is 0 Å². The minimum absolute atomic E-state index is 0.126. The summed E-state index contributed by atoms with van der Waals surface area (Å²) in [6, 6.07) is 21.0. The third-order valence-electron chi connectivity index (χ3n) is 2.19. The summed E-state index contributed by atoms with van der Waals surface area (Å²) in [5.41, 5.74) is 0. The fourth-order valence-electron chi connectivity index (χ4n) is 1.51. The average molecular weight is 229 g/mol. The van der Waals surface area contributed by atoms with Gasteiger partial charge in [-0.1, -0.05) is 36.4 Å². The second kappa shape index (κ2) is 5.61. The molecule has 0 atom stereocenters. The second-order valence-corrected chi connectivity index (χ2v) is 5.13. The fraction of sp³-hybridized carbons (Fsp3) is 0.143. The molecular weight excluding hydrogens is 214 g/mol. The molecule has 0 heterocycles. The van der Waals surface area contributed by atoms with E-state index in [4.69, 9.17) is 4.36 Å². The second-order valence-electron chi connectivity index (χ2n) is 3.36. The van der Waals surface area contributed by atoms with Crippen LogP contribution < -0.4 is 0 Å². The summed E-state index contributed by atoms with van der Waals surface area (Å²) in [7, 11) is -0.126. The highest BCUT2D eigenvalue weighted by atomic mass is 32.2. The number of hydrogen-bond donors (Lipinski definition) is 0. The van der Waals surface area contributed by atoms with Crippen LogP contribution in [0.5, 0.6) is 0 Å². The molecule has 0 N–H and O–H groups in total. The van der Waals surface area contributed by atoms with Crippen LogP contribution in [-0.4, -0.2) is 6.54 Å². The predicted molar refractivity (Wildman–Crippen MR) is 69.8 cm³/mol. The molecule has 0 unspecified atom stereocenters. The number of rotatable bonds is 3. The summed E-state index contributed by atoms with van der Waals surface area (Å²) in [5, 5.41) is 0. The molecule has 2 aromatic carbocycles. The van der Waals surface area contributed by atoms with Crippen molar-refractivity contribution in [1.29, 1.82) is 0 Å². The lowest BCUT2D eigenvalue weighted by atomic mass is 10.4. The first kappa shape index (κ1) is 11.1. The first-order chi connectivity index (χ1) is 7.92. The normalized spacial score (nSPS) is 10.4. The molecule has 0 spiro atoms.